The smallest absolute Gasteiger partial charge is 0.410 e. The summed E-state index contributed by atoms with van der Waals surface area (Å²) < 4.78 is 58.1. The molecule has 3 fully saturated rings. The maximum atomic E-state index is 14.4. The minimum Gasteiger partial charge on any atom is -0.460 e. The molecule has 5 atom stereocenters. The molecule has 0 aromatic heterocycles. The molecule has 0 radical (unpaired) electrons. The van der Waals surface area contributed by atoms with E-state index in [1.54, 1.807) is 40.7 Å². The van der Waals surface area contributed by atoms with Crippen molar-refractivity contribution in [3.8, 4) is 0 Å². The molecule has 16 nitrogen and oxygen atoms in total. The second kappa shape index (κ2) is 15.4. The van der Waals surface area contributed by atoms with Crippen LogP contribution in [0.2, 0.25) is 0 Å². The van der Waals surface area contributed by atoms with Crippen molar-refractivity contribution in [3.05, 3.63) is 59.4 Å². The molecule has 1 aromatic rings. The number of amides is 5. The van der Waals surface area contributed by atoms with Crippen molar-refractivity contribution in [1.29, 1.82) is 0 Å². The summed E-state index contributed by atoms with van der Waals surface area (Å²) in [5.74, 6) is -4.66. The van der Waals surface area contributed by atoms with E-state index in [0.29, 0.717) is 29.5 Å². The fraction of sp³-hybridized carbons (Fsp3) is 0.556. The van der Waals surface area contributed by atoms with Crippen LogP contribution in [0.1, 0.15) is 71.4 Å². The van der Waals surface area contributed by atoms with E-state index in [1.165, 1.54) is 29.2 Å². The van der Waals surface area contributed by atoms with Crippen LogP contribution < -0.4 is 15.4 Å². The lowest BCUT2D eigenvalue weighted by molar-refractivity contribution is -0.145. The predicted molar refractivity (Wildman–Crippen MR) is 189 cm³/mol. The molecule has 18 heteroatoms. The van der Waals surface area contributed by atoms with Gasteiger partial charge in [-0.15, -0.1) is 6.58 Å². The standard InChI is InChI=1S/C36H46FN5O11S/c1-7-22-15-36(22,32(46)40-54(49,50)24-11-12-24)39-30(44)28-14-23(52-34(48)41-16-21-9-8-10-26(37)25(21)18-41)17-42(28)31(45)27(19-51-29(43)13-20(2)3)38-33(47)53-35(4,5)6/h7-10,13,22-24,27-28H,1,11-12,14-19H2,2-6H3,(H,38,47)(H,39,44)(H,40,46)/t22-,23-,27+,28+,36-/m1/s1. The third kappa shape index (κ3) is 9.37. The number of ether oxygens (including phenoxy) is 3. The molecule has 0 bridgehead atoms. The molecule has 5 amide bonds. The van der Waals surface area contributed by atoms with Gasteiger partial charge in [-0.05, 0) is 65.5 Å². The van der Waals surface area contributed by atoms with Gasteiger partial charge in [-0.1, -0.05) is 23.8 Å². The van der Waals surface area contributed by atoms with Gasteiger partial charge in [0.2, 0.25) is 21.8 Å². The minimum absolute atomic E-state index is 0.0303. The molecule has 2 saturated carbocycles. The first-order valence-corrected chi connectivity index (χ1v) is 19.1. The Bertz CT molecular complexity index is 1870. The number of nitrogens with zero attached hydrogens (tertiary/aromatic N) is 2. The van der Waals surface area contributed by atoms with E-state index < -0.39 is 98.8 Å². The first-order valence-electron chi connectivity index (χ1n) is 17.6. The van der Waals surface area contributed by atoms with Gasteiger partial charge < -0.3 is 29.7 Å². The molecule has 294 valence electrons. The normalized spacial score (nSPS) is 23.6. The van der Waals surface area contributed by atoms with E-state index in [0.717, 1.165) is 4.90 Å². The molecule has 2 aliphatic carbocycles. The largest absolute Gasteiger partial charge is 0.460 e. The van der Waals surface area contributed by atoms with Gasteiger partial charge in [0.05, 0.1) is 18.3 Å². The van der Waals surface area contributed by atoms with Crippen LogP contribution in [0.4, 0.5) is 14.0 Å². The van der Waals surface area contributed by atoms with Gasteiger partial charge >= 0.3 is 18.2 Å². The molecule has 1 saturated heterocycles. The Balaban J connectivity index is 1.39. The molecule has 0 unspecified atom stereocenters. The van der Waals surface area contributed by atoms with Gasteiger partial charge in [0, 0.05) is 30.5 Å². The quantitative estimate of drug-likeness (QED) is 0.122. The number of fused-ring (bicyclic) bond motifs is 1. The maximum Gasteiger partial charge on any atom is 0.410 e. The number of hydrogen-bond acceptors (Lipinski definition) is 11. The summed E-state index contributed by atoms with van der Waals surface area (Å²) in [5, 5.41) is 4.31. The fourth-order valence-corrected chi connectivity index (χ4v) is 7.75. The average Bonchev–Trinajstić information content (AvgIpc) is 3.96. The number of carbonyl (C=O) groups excluding carboxylic acids is 6. The van der Waals surface area contributed by atoms with Crippen LogP contribution in [0, 0.1) is 11.7 Å². The first kappa shape index (κ1) is 40.2. The number of alkyl carbamates (subject to hydrolysis) is 1. The van der Waals surface area contributed by atoms with E-state index in [9.17, 15) is 41.6 Å². The Hall–Kier alpha value is -5.00. The summed E-state index contributed by atoms with van der Waals surface area (Å²) >= 11 is 0. The molecule has 1 aromatic carbocycles. The van der Waals surface area contributed by atoms with Crippen LogP contribution in [0.5, 0.6) is 0 Å². The second-order valence-electron chi connectivity index (χ2n) is 15.2. The Kier molecular flexibility index (Phi) is 11.5. The number of hydrogen-bond donors (Lipinski definition) is 3. The molecule has 4 aliphatic rings. The second-order valence-corrected chi connectivity index (χ2v) is 17.2. The first-order chi connectivity index (χ1) is 25.2. The number of rotatable bonds is 12. The molecule has 2 aliphatic heterocycles. The lowest BCUT2D eigenvalue weighted by Gasteiger charge is -2.30. The zero-order valence-corrected chi connectivity index (χ0v) is 31.6. The van der Waals surface area contributed by atoms with Crippen molar-refractivity contribution in [2.24, 2.45) is 5.92 Å². The number of carbonyl (C=O) groups is 6. The van der Waals surface area contributed by atoms with Crippen LogP contribution in [-0.2, 0) is 56.5 Å². The summed E-state index contributed by atoms with van der Waals surface area (Å²) in [6.07, 6.45) is 0.174. The van der Waals surface area contributed by atoms with Crippen LogP contribution in [-0.4, -0.2) is 102 Å². The van der Waals surface area contributed by atoms with Crippen LogP contribution in [0.3, 0.4) is 0 Å². The SMILES string of the molecule is C=C[C@@H]1C[C@]1(NC(=O)[C@@H]1C[C@@H](OC(=O)N2Cc3cccc(F)c3C2)CN1C(=O)[C@H](COC(=O)C=C(C)C)NC(=O)OC(C)(C)C)C(=O)NS(=O)(=O)C1CC1. The summed E-state index contributed by atoms with van der Waals surface area (Å²) in [4.78, 5) is 82.7. The lowest BCUT2D eigenvalue weighted by Crippen LogP contribution is -2.59. The summed E-state index contributed by atoms with van der Waals surface area (Å²) in [6.45, 7) is 10.8. The van der Waals surface area contributed by atoms with Gasteiger partial charge in [0.25, 0.3) is 5.91 Å². The highest BCUT2D eigenvalue weighted by Gasteiger charge is 2.62. The van der Waals surface area contributed by atoms with Gasteiger partial charge in [-0.25, -0.2) is 27.2 Å². The number of sulfonamides is 1. The number of benzene rings is 1. The number of nitrogens with one attached hydrogen (secondary N) is 3. The Morgan fingerprint density at radius 1 is 1.11 bits per heavy atom. The minimum atomic E-state index is -3.98. The summed E-state index contributed by atoms with van der Waals surface area (Å²) in [5.41, 5.74) is -1.13. The van der Waals surface area contributed by atoms with Gasteiger partial charge in [0.1, 0.15) is 41.8 Å². The van der Waals surface area contributed by atoms with E-state index in [-0.39, 0.29) is 32.5 Å². The number of halogens is 1. The summed E-state index contributed by atoms with van der Waals surface area (Å²) in [7, 11) is -3.98. The zero-order valence-electron chi connectivity index (χ0n) is 30.8. The van der Waals surface area contributed by atoms with E-state index in [2.05, 4.69) is 21.9 Å². The van der Waals surface area contributed by atoms with Gasteiger partial charge in [-0.3, -0.25) is 24.0 Å². The van der Waals surface area contributed by atoms with Gasteiger partial charge in [-0.2, -0.15) is 0 Å². The van der Waals surface area contributed by atoms with Crippen molar-refractivity contribution in [2.45, 2.75) is 108 Å². The number of likely N-dealkylation sites (tertiary alicyclic amines) is 1. The predicted octanol–water partition coefficient (Wildman–Crippen LogP) is 2.32. The molecule has 0 spiro atoms. The zero-order chi connectivity index (χ0) is 39.7. The van der Waals surface area contributed by atoms with Crippen molar-refractivity contribution >= 4 is 45.9 Å². The Morgan fingerprint density at radius 3 is 2.41 bits per heavy atom. The molecule has 2 heterocycles. The van der Waals surface area contributed by atoms with Crippen molar-refractivity contribution in [2.75, 3.05) is 13.2 Å². The lowest BCUT2D eigenvalue weighted by atomic mass is 10.1. The molecule has 5 rings (SSSR count). The van der Waals surface area contributed by atoms with E-state index in [1.807, 2.05) is 0 Å². The fourth-order valence-electron chi connectivity index (χ4n) is 6.39. The van der Waals surface area contributed by atoms with Crippen molar-refractivity contribution in [3.63, 3.8) is 0 Å². The number of esters is 1. The van der Waals surface area contributed by atoms with Crippen LogP contribution in [0.15, 0.2) is 42.5 Å². The van der Waals surface area contributed by atoms with E-state index >= 15 is 0 Å². The topological polar surface area (TPSA) is 207 Å². The third-order valence-corrected chi connectivity index (χ3v) is 11.2. The van der Waals surface area contributed by atoms with Crippen LogP contribution in [0.25, 0.3) is 0 Å². The molecular formula is C36H46FN5O11S. The maximum absolute atomic E-state index is 14.4. The monoisotopic (exact) mass is 775 g/mol. The highest BCUT2D eigenvalue weighted by atomic mass is 32.2. The highest BCUT2D eigenvalue weighted by Crippen LogP contribution is 2.45. The van der Waals surface area contributed by atoms with Crippen molar-refractivity contribution < 1.29 is 55.8 Å². The number of allylic oxidation sites excluding steroid dienone is 1. The van der Waals surface area contributed by atoms with Gasteiger partial charge in [0.15, 0.2) is 0 Å². The van der Waals surface area contributed by atoms with Crippen molar-refractivity contribution in [1.82, 2.24) is 25.2 Å². The third-order valence-electron chi connectivity index (χ3n) is 9.34. The van der Waals surface area contributed by atoms with E-state index in [4.69, 9.17) is 14.2 Å². The Labute approximate surface area is 312 Å². The summed E-state index contributed by atoms with van der Waals surface area (Å²) in [6, 6.07) is 1.48. The molecular weight excluding hydrogens is 729 g/mol. The molecule has 54 heavy (non-hydrogen) atoms. The average molecular weight is 776 g/mol. The van der Waals surface area contributed by atoms with Crippen LogP contribution >= 0.6 is 0 Å². The highest BCUT2D eigenvalue weighted by molar-refractivity contribution is 7.91. The Morgan fingerprint density at radius 2 is 1.81 bits per heavy atom. The molecule has 3 N–H and O–H groups in total.